The zero-order valence-electron chi connectivity index (χ0n) is 19.1. The normalized spacial score (nSPS) is 20.4. The maximum atomic E-state index is 13.0. The van der Waals surface area contributed by atoms with E-state index in [0.29, 0.717) is 19.6 Å². The summed E-state index contributed by atoms with van der Waals surface area (Å²) in [6.07, 6.45) is -2.51. The molecule has 1 unspecified atom stereocenters. The van der Waals surface area contributed by atoms with E-state index in [-0.39, 0.29) is 36.8 Å². The fraction of sp³-hybridized carbons (Fsp3) is 0.462. The van der Waals surface area contributed by atoms with E-state index in [1.807, 2.05) is 30.3 Å². The Morgan fingerprint density at radius 1 is 1.00 bits per heavy atom. The number of rotatable bonds is 8. The Kier molecular flexibility index (Phi) is 8.96. The molecule has 3 atom stereocenters. The zero-order chi connectivity index (χ0) is 24.6. The van der Waals surface area contributed by atoms with Crippen molar-refractivity contribution in [3.63, 3.8) is 0 Å². The van der Waals surface area contributed by atoms with Gasteiger partial charge in [-0.25, -0.2) is 4.79 Å². The molecule has 8 heteroatoms. The summed E-state index contributed by atoms with van der Waals surface area (Å²) in [5.41, 5.74) is 0.945. The molecule has 0 bridgehead atoms. The van der Waals surface area contributed by atoms with Gasteiger partial charge in [-0.1, -0.05) is 42.5 Å². The molecule has 2 aromatic rings. The number of amides is 1. The molecule has 3 rings (SSSR count). The SMILES string of the molecule is CCOC(=O)C[C@@H]1CCC(CNC(=O)OCc2ccccc2)[C@H](c2ccc(C(F)(F)F)cc2)C1. The lowest BCUT2D eigenvalue weighted by atomic mass is 9.70. The predicted molar refractivity (Wildman–Crippen MR) is 121 cm³/mol. The topological polar surface area (TPSA) is 64.6 Å². The van der Waals surface area contributed by atoms with Crippen LogP contribution in [-0.2, 0) is 27.1 Å². The standard InChI is InChI=1S/C26H30F3NO4/c1-2-33-24(31)15-19-8-9-21(16-30-25(32)34-17-18-6-4-3-5-7-18)23(14-19)20-10-12-22(13-11-20)26(27,28)29/h3-7,10-13,19,21,23H,2,8-9,14-17H2,1H3,(H,30,32)/t19-,21?,23+/m1/s1. The molecular formula is C26H30F3NO4. The van der Waals surface area contributed by atoms with Crippen LogP contribution >= 0.6 is 0 Å². The van der Waals surface area contributed by atoms with Crippen molar-refractivity contribution < 1.29 is 32.2 Å². The van der Waals surface area contributed by atoms with E-state index in [4.69, 9.17) is 9.47 Å². The third-order valence-electron chi connectivity index (χ3n) is 6.25. The molecule has 0 radical (unpaired) electrons. The number of nitrogens with one attached hydrogen (secondary N) is 1. The Bertz CT molecular complexity index is 931. The van der Waals surface area contributed by atoms with Crippen LogP contribution in [0.1, 0.15) is 55.2 Å². The Labute approximate surface area is 197 Å². The summed E-state index contributed by atoms with van der Waals surface area (Å²) in [5, 5.41) is 2.80. The van der Waals surface area contributed by atoms with E-state index in [1.165, 1.54) is 12.1 Å². The zero-order valence-corrected chi connectivity index (χ0v) is 19.1. The highest BCUT2D eigenvalue weighted by molar-refractivity contribution is 5.69. The summed E-state index contributed by atoms with van der Waals surface area (Å²) >= 11 is 0. The average Bonchev–Trinajstić information content (AvgIpc) is 2.82. The van der Waals surface area contributed by atoms with Gasteiger partial charge in [0.15, 0.2) is 0 Å². The first-order valence-electron chi connectivity index (χ1n) is 11.5. The van der Waals surface area contributed by atoms with Crippen molar-refractivity contribution in [1.82, 2.24) is 5.32 Å². The largest absolute Gasteiger partial charge is 0.466 e. The Morgan fingerprint density at radius 3 is 2.35 bits per heavy atom. The van der Waals surface area contributed by atoms with Crippen molar-refractivity contribution in [2.75, 3.05) is 13.2 Å². The highest BCUT2D eigenvalue weighted by Gasteiger charge is 2.34. The van der Waals surface area contributed by atoms with Crippen LogP contribution in [0.2, 0.25) is 0 Å². The highest BCUT2D eigenvalue weighted by atomic mass is 19.4. The molecule has 0 aromatic heterocycles. The Hall–Kier alpha value is -3.03. The molecule has 1 amide bonds. The number of benzene rings is 2. The first-order valence-corrected chi connectivity index (χ1v) is 11.5. The summed E-state index contributed by atoms with van der Waals surface area (Å²) in [6, 6.07) is 14.5. The Balaban J connectivity index is 1.64. The van der Waals surface area contributed by atoms with Gasteiger partial charge >= 0.3 is 18.2 Å². The van der Waals surface area contributed by atoms with Crippen molar-refractivity contribution in [3.8, 4) is 0 Å². The molecule has 1 N–H and O–H groups in total. The predicted octanol–water partition coefficient (Wildman–Crippen LogP) is 6.08. The fourth-order valence-electron chi connectivity index (χ4n) is 4.52. The van der Waals surface area contributed by atoms with Gasteiger partial charge in [0.25, 0.3) is 0 Å². The molecular weight excluding hydrogens is 447 g/mol. The molecule has 1 aliphatic carbocycles. The second-order valence-electron chi connectivity index (χ2n) is 8.62. The minimum atomic E-state index is -4.40. The molecule has 0 heterocycles. The fourth-order valence-corrected chi connectivity index (χ4v) is 4.52. The van der Waals surface area contributed by atoms with Crippen LogP contribution < -0.4 is 5.32 Å². The minimum Gasteiger partial charge on any atom is -0.466 e. The number of halogens is 3. The molecule has 184 valence electrons. The minimum absolute atomic E-state index is 0.0134. The number of ether oxygens (including phenoxy) is 2. The van der Waals surface area contributed by atoms with Crippen LogP contribution in [-0.4, -0.2) is 25.2 Å². The van der Waals surface area contributed by atoms with E-state index in [9.17, 15) is 22.8 Å². The van der Waals surface area contributed by atoms with E-state index >= 15 is 0 Å². The molecule has 1 aliphatic rings. The van der Waals surface area contributed by atoms with Crippen LogP contribution in [0.3, 0.4) is 0 Å². The summed E-state index contributed by atoms with van der Waals surface area (Å²) in [6.45, 7) is 2.56. The molecule has 5 nitrogen and oxygen atoms in total. The van der Waals surface area contributed by atoms with Crippen LogP contribution in [0.25, 0.3) is 0 Å². The Morgan fingerprint density at radius 2 is 1.71 bits per heavy atom. The van der Waals surface area contributed by atoms with Crippen LogP contribution in [0.4, 0.5) is 18.0 Å². The van der Waals surface area contributed by atoms with Crippen LogP contribution in [0.5, 0.6) is 0 Å². The average molecular weight is 478 g/mol. The van der Waals surface area contributed by atoms with Gasteiger partial charge in [0.2, 0.25) is 0 Å². The number of esters is 1. The quantitative estimate of drug-likeness (QED) is 0.468. The van der Waals surface area contributed by atoms with Gasteiger partial charge in [-0.15, -0.1) is 0 Å². The van der Waals surface area contributed by atoms with Crippen LogP contribution in [0, 0.1) is 11.8 Å². The van der Waals surface area contributed by atoms with Gasteiger partial charge in [-0.2, -0.15) is 13.2 Å². The van der Waals surface area contributed by atoms with Gasteiger partial charge < -0.3 is 14.8 Å². The smallest absolute Gasteiger partial charge is 0.416 e. The molecule has 1 fully saturated rings. The van der Waals surface area contributed by atoms with Gasteiger partial charge in [0, 0.05) is 13.0 Å². The van der Waals surface area contributed by atoms with Gasteiger partial charge in [-0.3, -0.25) is 4.79 Å². The molecule has 1 saturated carbocycles. The lowest BCUT2D eigenvalue weighted by molar-refractivity contribution is -0.144. The molecule has 0 aliphatic heterocycles. The van der Waals surface area contributed by atoms with Crippen LogP contribution in [0.15, 0.2) is 54.6 Å². The highest BCUT2D eigenvalue weighted by Crippen LogP contribution is 2.42. The second-order valence-corrected chi connectivity index (χ2v) is 8.62. The lowest BCUT2D eigenvalue weighted by Crippen LogP contribution is -2.35. The molecule has 2 aromatic carbocycles. The van der Waals surface area contributed by atoms with Gasteiger partial charge in [0.1, 0.15) is 6.61 Å². The number of hydrogen-bond donors (Lipinski definition) is 1. The maximum absolute atomic E-state index is 13.0. The number of alkyl carbamates (subject to hydrolysis) is 1. The van der Waals surface area contributed by atoms with Crippen molar-refractivity contribution in [3.05, 3.63) is 71.3 Å². The molecule has 0 spiro atoms. The summed E-state index contributed by atoms with van der Waals surface area (Å²) in [4.78, 5) is 24.2. The van der Waals surface area contributed by atoms with E-state index in [0.717, 1.165) is 36.1 Å². The monoisotopic (exact) mass is 477 g/mol. The number of hydrogen-bond acceptors (Lipinski definition) is 4. The van der Waals surface area contributed by atoms with E-state index in [2.05, 4.69) is 5.32 Å². The van der Waals surface area contributed by atoms with Gasteiger partial charge in [-0.05, 0) is 67.2 Å². The molecule has 34 heavy (non-hydrogen) atoms. The third-order valence-corrected chi connectivity index (χ3v) is 6.25. The number of carbonyl (C=O) groups is 2. The lowest BCUT2D eigenvalue weighted by Gasteiger charge is -2.36. The maximum Gasteiger partial charge on any atom is 0.416 e. The summed E-state index contributed by atoms with van der Waals surface area (Å²) in [7, 11) is 0. The van der Waals surface area contributed by atoms with Crippen molar-refractivity contribution >= 4 is 12.1 Å². The summed E-state index contributed by atoms with van der Waals surface area (Å²) in [5.74, 6) is -0.267. The number of carbonyl (C=O) groups excluding carboxylic acids is 2. The first kappa shape index (κ1) is 25.6. The summed E-state index contributed by atoms with van der Waals surface area (Å²) < 4.78 is 49.4. The first-order chi connectivity index (χ1) is 16.3. The van der Waals surface area contributed by atoms with E-state index < -0.39 is 17.8 Å². The second kappa shape index (κ2) is 11.9. The van der Waals surface area contributed by atoms with Gasteiger partial charge in [0.05, 0.1) is 12.2 Å². The number of alkyl halides is 3. The van der Waals surface area contributed by atoms with E-state index in [1.54, 1.807) is 6.92 Å². The third kappa shape index (κ3) is 7.50. The van der Waals surface area contributed by atoms with Crippen molar-refractivity contribution in [2.24, 2.45) is 11.8 Å². The van der Waals surface area contributed by atoms with Crippen molar-refractivity contribution in [2.45, 2.75) is 51.3 Å². The molecule has 0 saturated heterocycles. The van der Waals surface area contributed by atoms with Crippen molar-refractivity contribution in [1.29, 1.82) is 0 Å².